The number of carbonyl (C=O) groups is 1. The molecule has 0 fully saturated rings. The lowest BCUT2D eigenvalue weighted by Gasteiger charge is -2.22. The van der Waals surface area contributed by atoms with Gasteiger partial charge in [-0.25, -0.2) is 4.79 Å². The molecule has 3 rings (SSSR count). The second-order valence-corrected chi connectivity index (χ2v) is 5.05. The largest absolute Gasteiger partial charge is 0.465 e. The molecular weight excluding hydrogens is 258 g/mol. The van der Waals surface area contributed by atoms with Crippen LogP contribution in [0.4, 0.5) is 0 Å². The van der Waals surface area contributed by atoms with E-state index >= 15 is 0 Å². The van der Waals surface area contributed by atoms with E-state index in [2.05, 4.69) is 6.08 Å². The van der Waals surface area contributed by atoms with Crippen molar-refractivity contribution in [2.75, 3.05) is 13.7 Å². The first kappa shape index (κ1) is 13.1. The average Bonchev–Trinajstić information content (AvgIpc) is 3.00. The van der Waals surface area contributed by atoms with Crippen molar-refractivity contribution in [3.8, 4) is 0 Å². The second-order valence-electron chi connectivity index (χ2n) is 5.05. The van der Waals surface area contributed by atoms with Crippen molar-refractivity contribution in [1.29, 1.82) is 0 Å². The van der Waals surface area contributed by atoms with Gasteiger partial charge >= 0.3 is 5.97 Å². The highest BCUT2D eigenvalue weighted by molar-refractivity contribution is 5.91. The smallest absolute Gasteiger partial charge is 0.343 e. The van der Waals surface area contributed by atoms with Crippen LogP contribution in [0, 0.1) is 0 Å². The molecule has 1 aromatic heterocycles. The maximum atomic E-state index is 12.6. The second kappa shape index (κ2) is 5.25. The lowest BCUT2D eigenvalue weighted by molar-refractivity contribution is 0.0565. The van der Waals surface area contributed by atoms with E-state index in [0.717, 1.165) is 24.8 Å². The molecule has 0 atom stereocenters. The van der Waals surface area contributed by atoms with Gasteiger partial charge in [0, 0.05) is 18.3 Å². The van der Waals surface area contributed by atoms with Crippen LogP contribution in [0.2, 0.25) is 0 Å². The minimum Gasteiger partial charge on any atom is -0.465 e. The van der Waals surface area contributed by atoms with E-state index in [-0.39, 0.29) is 17.6 Å². The lowest BCUT2D eigenvalue weighted by atomic mass is 10.0. The van der Waals surface area contributed by atoms with Crippen LogP contribution < -0.4 is 5.43 Å². The molecule has 106 valence electrons. The maximum absolute atomic E-state index is 12.6. The fourth-order valence-electron chi connectivity index (χ4n) is 2.84. The lowest BCUT2D eigenvalue weighted by Crippen LogP contribution is -2.30. The molecule has 0 spiro atoms. The maximum Gasteiger partial charge on any atom is 0.343 e. The zero-order valence-corrected chi connectivity index (χ0v) is 11.5. The zero-order chi connectivity index (χ0) is 14.1. The number of hydrogen-bond acceptors (Lipinski definition) is 4. The molecule has 0 amide bonds. The average molecular weight is 275 g/mol. The third-order valence-electron chi connectivity index (χ3n) is 3.88. The third-order valence-corrected chi connectivity index (χ3v) is 3.88. The molecular formula is C15H17NO4. The van der Waals surface area contributed by atoms with E-state index in [9.17, 15) is 9.59 Å². The number of aromatic nitrogens is 1. The van der Waals surface area contributed by atoms with Gasteiger partial charge < -0.3 is 14.0 Å². The molecule has 2 heterocycles. The number of esters is 1. The van der Waals surface area contributed by atoms with Crippen LogP contribution in [0.5, 0.6) is 0 Å². The SMILES string of the molecule is COC(=O)c1c2n(cc(C3=CCCC3)c1=O)CCOC2. The Morgan fingerprint density at radius 1 is 1.45 bits per heavy atom. The van der Waals surface area contributed by atoms with Crippen LogP contribution in [-0.4, -0.2) is 24.3 Å². The molecule has 0 radical (unpaired) electrons. The highest BCUT2D eigenvalue weighted by atomic mass is 16.5. The first-order chi connectivity index (χ1) is 9.72. The number of rotatable bonds is 2. The Labute approximate surface area is 116 Å². The normalized spacial score (nSPS) is 17.6. The van der Waals surface area contributed by atoms with Gasteiger partial charge in [0.05, 0.1) is 26.0 Å². The summed E-state index contributed by atoms with van der Waals surface area (Å²) in [5, 5.41) is 0. The van der Waals surface area contributed by atoms with Crippen molar-refractivity contribution < 1.29 is 14.3 Å². The summed E-state index contributed by atoms with van der Waals surface area (Å²) in [5.41, 5.74) is 2.19. The Morgan fingerprint density at radius 3 is 3.00 bits per heavy atom. The Morgan fingerprint density at radius 2 is 2.30 bits per heavy atom. The summed E-state index contributed by atoms with van der Waals surface area (Å²) in [5.74, 6) is -0.579. The summed E-state index contributed by atoms with van der Waals surface area (Å²) in [4.78, 5) is 24.6. The number of fused-ring (bicyclic) bond motifs is 1. The van der Waals surface area contributed by atoms with Crippen molar-refractivity contribution >= 4 is 11.5 Å². The van der Waals surface area contributed by atoms with Crippen molar-refractivity contribution in [2.24, 2.45) is 0 Å². The third kappa shape index (κ3) is 2.08. The highest BCUT2D eigenvalue weighted by Crippen LogP contribution is 2.27. The van der Waals surface area contributed by atoms with E-state index in [1.807, 2.05) is 10.8 Å². The molecule has 0 bridgehead atoms. The number of nitrogens with zero attached hydrogens (tertiary/aromatic N) is 1. The molecule has 0 aromatic carbocycles. The fourth-order valence-corrected chi connectivity index (χ4v) is 2.84. The van der Waals surface area contributed by atoms with Gasteiger partial charge in [0.2, 0.25) is 5.43 Å². The highest BCUT2D eigenvalue weighted by Gasteiger charge is 2.25. The number of carbonyl (C=O) groups excluding carboxylic acids is 1. The molecule has 0 saturated carbocycles. The number of ether oxygens (including phenoxy) is 2. The van der Waals surface area contributed by atoms with Gasteiger partial charge in [0.15, 0.2) is 0 Å². The van der Waals surface area contributed by atoms with Crippen LogP contribution >= 0.6 is 0 Å². The summed E-state index contributed by atoms with van der Waals surface area (Å²) >= 11 is 0. The number of pyridine rings is 1. The molecule has 0 unspecified atom stereocenters. The number of hydrogen-bond donors (Lipinski definition) is 0. The van der Waals surface area contributed by atoms with Crippen LogP contribution in [-0.2, 0) is 22.6 Å². The van der Waals surface area contributed by atoms with Gasteiger partial charge in [-0.15, -0.1) is 0 Å². The summed E-state index contributed by atoms with van der Waals surface area (Å²) in [6.45, 7) is 1.52. The fraction of sp³-hybridized carbons (Fsp3) is 0.467. The minimum absolute atomic E-state index is 0.123. The van der Waals surface area contributed by atoms with E-state index in [0.29, 0.717) is 24.4 Å². The zero-order valence-electron chi connectivity index (χ0n) is 11.5. The van der Waals surface area contributed by atoms with Crippen LogP contribution in [0.1, 0.15) is 40.9 Å². The van der Waals surface area contributed by atoms with Crippen molar-refractivity contribution in [2.45, 2.75) is 32.4 Å². The predicted molar refractivity (Wildman–Crippen MR) is 73.5 cm³/mol. The van der Waals surface area contributed by atoms with Crippen LogP contribution in [0.25, 0.3) is 5.57 Å². The van der Waals surface area contributed by atoms with Crippen LogP contribution in [0.3, 0.4) is 0 Å². The first-order valence-electron chi connectivity index (χ1n) is 6.84. The van der Waals surface area contributed by atoms with E-state index in [4.69, 9.17) is 9.47 Å². The summed E-state index contributed by atoms with van der Waals surface area (Å²) < 4.78 is 12.1. The van der Waals surface area contributed by atoms with Gasteiger partial charge in [-0.3, -0.25) is 4.79 Å². The first-order valence-corrected chi connectivity index (χ1v) is 6.84. The van der Waals surface area contributed by atoms with Gasteiger partial charge in [-0.05, 0) is 24.8 Å². The predicted octanol–water partition coefficient (Wildman–Crippen LogP) is 1.73. The molecule has 1 aliphatic heterocycles. The van der Waals surface area contributed by atoms with Gasteiger partial charge in [-0.1, -0.05) is 6.08 Å². The van der Waals surface area contributed by atoms with Crippen molar-refractivity contribution in [1.82, 2.24) is 4.57 Å². The molecule has 20 heavy (non-hydrogen) atoms. The molecule has 5 nitrogen and oxygen atoms in total. The summed E-state index contributed by atoms with van der Waals surface area (Å²) in [7, 11) is 1.30. The Bertz CT molecular complexity index is 642. The topological polar surface area (TPSA) is 57.5 Å². The standard InChI is InChI=1S/C15H17NO4/c1-19-15(18)13-12-9-20-7-6-16(12)8-11(14(13)17)10-4-2-3-5-10/h4,8H,2-3,5-7,9H2,1H3. The van der Waals surface area contributed by atoms with Gasteiger partial charge in [-0.2, -0.15) is 0 Å². The Balaban J connectivity index is 2.22. The van der Waals surface area contributed by atoms with Crippen molar-refractivity contribution in [3.63, 3.8) is 0 Å². The monoisotopic (exact) mass is 275 g/mol. The summed E-state index contributed by atoms with van der Waals surface area (Å²) in [6, 6.07) is 0. The minimum atomic E-state index is -0.579. The molecule has 1 aliphatic carbocycles. The summed E-state index contributed by atoms with van der Waals surface area (Å²) in [6.07, 6.45) is 6.90. The van der Waals surface area contributed by atoms with E-state index < -0.39 is 5.97 Å². The van der Waals surface area contributed by atoms with Crippen molar-refractivity contribution in [3.05, 3.63) is 39.3 Å². The quantitative estimate of drug-likeness (QED) is 0.771. The molecule has 0 N–H and O–H groups in total. The molecule has 5 heteroatoms. The number of allylic oxidation sites excluding steroid dienone is 2. The number of methoxy groups -OCH3 is 1. The van der Waals surface area contributed by atoms with E-state index in [1.54, 1.807) is 0 Å². The molecule has 0 saturated heterocycles. The molecule has 2 aliphatic rings. The Hall–Kier alpha value is -1.88. The Kier molecular flexibility index (Phi) is 3.44. The van der Waals surface area contributed by atoms with Crippen LogP contribution in [0.15, 0.2) is 17.1 Å². The van der Waals surface area contributed by atoms with Gasteiger partial charge in [0.25, 0.3) is 0 Å². The van der Waals surface area contributed by atoms with E-state index in [1.165, 1.54) is 7.11 Å². The molecule has 1 aromatic rings. The van der Waals surface area contributed by atoms with Gasteiger partial charge in [0.1, 0.15) is 5.56 Å².